The second-order valence-corrected chi connectivity index (χ2v) is 8.01. The third-order valence-corrected chi connectivity index (χ3v) is 6.17. The molecule has 4 aromatic carbocycles. The van der Waals surface area contributed by atoms with Gasteiger partial charge in [0.1, 0.15) is 0 Å². The van der Waals surface area contributed by atoms with Crippen molar-refractivity contribution < 1.29 is 26.2 Å². The minimum atomic E-state index is 0. The first kappa shape index (κ1) is 20.9. The van der Waals surface area contributed by atoms with Crippen molar-refractivity contribution in [3.63, 3.8) is 0 Å². The van der Waals surface area contributed by atoms with Crippen molar-refractivity contribution in [2.75, 3.05) is 0 Å². The Hall–Kier alpha value is -3.02. The van der Waals surface area contributed by atoms with Gasteiger partial charge in [0.2, 0.25) is 0 Å². The van der Waals surface area contributed by atoms with E-state index in [0.29, 0.717) is 0 Å². The number of allylic oxidation sites excluding steroid dienone is 4. The van der Waals surface area contributed by atoms with Crippen molar-refractivity contribution in [1.29, 1.82) is 0 Å². The topological polar surface area (TPSA) is 0 Å². The molecule has 0 aromatic heterocycles. The molecular weight excluding hydrogens is 464 g/mol. The fourth-order valence-corrected chi connectivity index (χ4v) is 4.78. The largest absolute Gasteiger partial charge is 0.123 e. The van der Waals surface area contributed by atoms with Gasteiger partial charge in [-0.2, -0.15) is 0 Å². The molecule has 0 saturated carbocycles. The quantitative estimate of drug-likeness (QED) is 0.293. The van der Waals surface area contributed by atoms with Crippen LogP contribution in [-0.2, 0) is 26.2 Å². The molecule has 150 valence electrons. The van der Waals surface area contributed by atoms with E-state index >= 15 is 0 Å². The maximum Gasteiger partial charge on any atom is 0 e. The molecule has 0 spiro atoms. The Morgan fingerprint density at radius 1 is 0.656 bits per heavy atom. The molecule has 6 rings (SSSR count). The van der Waals surface area contributed by atoms with Crippen molar-refractivity contribution in [3.05, 3.63) is 158 Å². The number of benzene rings is 4. The molecule has 0 unspecified atom stereocenters. The summed E-state index contributed by atoms with van der Waals surface area (Å²) in [5.41, 5.74) is 7.62. The third kappa shape index (κ3) is 3.52. The molecule has 2 aliphatic carbocycles. The van der Waals surface area contributed by atoms with Gasteiger partial charge in [-0.3, -0.25) is 0 Å². The Kier molecular flexibility index (Phi) is 5.77. The van der Waals surface area contributed by atoms with E-state index in [1.165, 1.54) is 54.3 Å². The molecule has 0 amide bonds. The van der Waals surface area contributed by atoms with Crippen LogP contribution in [0.25, 0.3) is 17.2 Å². The van der Waals surface area contributed by atoms with Crippen LogP contribution in [0.1, 0.15) is 28.7 Å². The van der Waals surface area contributed by atoms with Crippen LogP contribution in [0.2, 0.25) is 0 Å². The number of hydrogen-bond acceptors (Lipinski definition) is 0. The second-order valence-electron chi connectivity index (χ2n) is 8.01. The minimum Gasteiger partial charge on any atom is -0.123 e. The average Bonchev–Trinajstić information content (AvgIpc) is 3.49. The van der Waals surface area contributed by atoms with Crippen LogP contribution in [0.3, 0.4) is 0 Å². The molecule has 32 heavy (non-hydrogen) atoms. The van der Waals surface area contributed by atoms with Crippen molar-refractivity contribution >= 4 is 17.2 Å². The van der Waals surface area contributed by atoms with E-state index in [0.717, 1.165) is 6.42 Å². The summed E-state index contributed by atoms with van der Waals surface area (Å²) in [6, 6.07) is 34.7. The molecule has 0 bridgehead atoms. The molecule has 0 radical (unpaired) electrons. The van der Waals surface area contributed by atoms with Crippen molar-refractivity contribution in [3.8, 4) is 0 Å². The van der Waals surface area contributed by atoms with Crippen LogP contribution in [0.15, 0.2) is 115 Å². The van der Waals surface area contributed by atoms with Crippen LogP contribution in [-0.4, -0.2) is 0 Å². The van der Waals surface area contributed by atoms with Gasteiger partial charge in [-0.05, 0) is 28.3 Å². The van der Waals surface area contributed by atoms with Gasteiger partial charge in [0.25, 0.3) is 0 Å². The van der Waals surface area contributed by atoms with Gasteiger partial charge in [-0.25, -0.2) is 0 Å². The number of fused-ring (bicyclic) bond motifs is 2. The summed E-state index contributed by atoms with van der Waals surface area (Å²) in [4.78, 5) is 0. The Labute approximate surface area is 207 Å². The normalized spacial score (nSPS) is 12.9. The molecule has 0 atom stereocenters. The molecule has 0 heterocycles. The maximum atomic E-state index is 3.74. The van der Waals surface area contributed by atoms with E-state index in [-0.39, 0.29) is 26.2 Å². The smallest absolute Gasteiger partial charge is 0 e. The fourth-order valence-electron chi connectivity index (χ4n) is 4.78. The van der Waals surface area contributed by atoms with Crippen molar-refractivity contribution in [2.45, 2.75) is 6.42 Å². The summed E-state index contributed by atoms with van der Waals surface area (Å²) in [6.45, 7) is 0. The van der Waals surface area contributed by atoms with Gasteiger partial charge < -0.3 is 0 Å². The third-order valence-electron chi connectivity index (χ3n) is 6.17. The first-order valence-electron chi connectivity index (χ1n) is 10.8. The zero-order chi connectivity index (χ0) is 20.6. The van der Waals surface area contributed by atoms with E-state index in [9.17, 15) is 0 Å². The molecule has 4 aromatic rings. The van der Waals surface area contributed by atoms with Crippen LogP contribution in [0.5, 0.6) is 0 Å². The SMILES string of the molecule is [C-]1=c2ccccc2=c2ccc(=C(c3ccccc3)c3ccccc3)c(C3=CC=CC3)c21.[Zr]. The molecule has 0 saturated heterocycles. The van der Waals surface area contributed by atoms with Gasteiger partial charge in [-0.1, -0.05) is 120 Å². The predicted molar refractivity (Wildman–Crippen MR) is 129 cm³/mol. The fraction of sp³-hybridized carbons (Fsp3) is 0.0323. The Balaban J connectivity index is 0.00000216. The minimum absolute atomic E-state index is 0. The van der Waals surface area contributed by atoms with Gasteiger partial charge in [0.15, 0.2) is 0 Å². The monoisotopic (exact) mass is 483 g/mol. The first-order chi connectivity index (χ1) is 15.4. The van der Waals surface area contributed by atoms with Gasteiger partial charge >= 0.3 is 0 Å². The number of rotatable bonds is 3. The van der Waals surface area contributed by atoms with Crippen molar-refractivity contribution in [2.24, 2.45) is 0 Å². The summed E-state index contributed by atoms with van der Waals surface area (Å²) < 4.78 is 0. The zero-order valence-corrected chi connectivity index (χ0v) is 20.1. The Bertz CT molecular complexity index is 1530. The maximum absolute atomic E-state index is 3.74. The van der Waals surface area contributed by atoms with Crippen molar-refractivity contribution in [1.82, 2.24) is 0 Å². The van der Waals surface area contributed by atoms with Crippen LogP contribution in [0, 0.1) is 10.4 Å². The summed E-state index contributed by atoms with van der Waals surface area (Å²) in [5, 5.41) is 5.01. The standard InChI is InChI=1S/C31H21.Zr/c1-3-11-22(12-4-1)30(23-13-5-2-6-14-23)28-20-19-27-26-18-10-9-17-25(26)21-29(27)31(28)24-15-7-8-16-24;/h1-15,17-20H,16H2;/q-1;. The van der Waals surface area contributed by atoms with Gasteiger partial charge in [0, 0.05) is 26.2 Å². The average molecular weight is 485 g/mol. The molecule has 0 N–H and O–H groups in total. The molecular formula is C31H21Zr-. The van der Waals surface area contributed by atoms with Crippen LogP contribution >= 0.6 is 0 Å². The molecule has 0 fully saturated rings. The van der Waals surface area contributed by atoms with E-state index in [1.807, 2.05) is 0 Å². The molecule has 2 aliphatic rings. The van der Waals surface area contributed by atoms with Crippen LogP contribution < -0.4 is 10.4 Å². The Morgan fingerprint density at radius 2 is 1.31 bits per heavy atom. The predicted octanol–water partition coefficient (Wildman–Crippen LogP) is 5.58. The number of hydrogen-bond donors (Lipinski definition) is 0. The van der Waals surface area contributed by atoms with E-state index in [2.05, 4.69) is 121 Å². The van der Waals surface area contributed by atoms with Crippen LogP contribution in [0.4, 0.5) is 0 Å². The summed E-state index contributed by atoms with van der Waals surface area (Å²) in [5.74, 6) is 0. The first-order valence-corrected chi connectivity index (χ1v) is 10.8. The summed E-state index contributed by atoms with van der Waals surface area (Å²) in [6.07, 6.45) is 11.4. The Morgan fingerprint density at radius 3 is 1.97 bits per heavy atom. The molecule has 0 aliphatic heterocycles. The summed E-state index contributed by atoms with van der Waals surface area (Å²) in [7, 11) is 0. The molecule has 1 heteroatoms. The zero-order valence-electron chi connectivity index (χ0n) is 17.7. The second kappa shape index (κ2) is 8.85. The van der Waals surface area contributed by atoms with E-state index < -0.39 is 0 Å². The van der Waals surface area contributed by atoms with Gasteiger partial charge in [-0.15, -0.1) is 33.4 Å². The van der Waals surface area contributed by atoms with Gasteiger partial charge in [0.05, 0.1) is 0 Å². The van der Waals surface area contributed by atoms with E-state index in [1.54, 1.807) is 0 Å². The summed E-state index contributed by atoms with van der Waals surface area (Å²) >= 11 is 0. The molecule has 0 nitrogen and oxygen atoms in total. The van der Waals surface area contributed by atoms with E-state index in [4.69, 9.17) is 0 Å².